The third-order valence-corrected chi connectivity index (χ3v) is 9.60. The van der Waals surface area contributed by atoms with Crippen LogP contribution in [-0.2, 0) is 66.1 Å². The predicted molar refractivity (Wildman–Crippen MR) is 236 cm³/mol. The zero-order valence-electron chi connectivity index (χ0n) is 38.0. The molecule has 0 rings (SSSR count). The smallest absolute Gasteiger partial charge is 0.677 e. The van der Waals surface area contributed by atoms with Crippen molar-refractivity contribution in [3.05, 3.63) is 19.8 Å². The van der Waals surface area contributed by atoms with E-state index in [4.69, 9.17) is 38.1 Å². The summed E-state index contributed by atoms with van der Waals surface area (Å²) < 4.78 is 14.5. The van der Waals surface area contributed by atoms with Crippen LogP contribution in [-0.4, -0.2) is 125 Å². The number of carboxylic acids is 1. The predicted octanol–water partition coefficient (Wildman–Crippen LogP) is 0.226. The van der Waals surface area contributed by atoms with Crippen molar-refractivity contribution in [3.63, 3.8) is 0 Å². The molecule has 19 heteroatoms. The van der Waals surface area contributed by atoms with E-state index in [2.05, 4.69) is 40.0 Å². The van der Waals surface area contributed by atoms with Gasteiger partial charge in [-0.05, 0) is 103 Å². The van der Waals surface area contributed by atoms with E-state index in [1.807, 2.05) is 0 Å². The molecule has 61 heavy (non-hydrogen) atoms. The second kappa shape index (κ2) is 52.9. The Bertz CT molecular complexity index is 993. The molecule has 4 atom stereocenters. The molecule has 0 fully saturated rings. The number of unbranched alkanes of at least 4 members (excludes halogenated alkanes) is 12. The van der Waals surface area contributed by atoms with Crippen LogP contribution in [0.25, 0.3) is 5.73 Å². The van der Waals surface area contributed by atoms with E-state index in [1.54, 1.807) is 0 Å². The molecule has 0 saturated heterocycles. The van der Waals surface area contributed by atoms with E-state index in [0.717, 1.165) is 45.3 Å². The average molecular weight is 973 g/mol. The van der Waals surface area contributed by atoms with E-state index in [9.17, 15) is 24.3 Å². The fourth-order valence-corrected chi connectivity index (χ4v) is 6.02. The zero-order chi connectivity index (χ0) is 44.2. The van der Waals surface area contributed by atoms with Crippen molar-refractivity contribution in [3.8, 4) is 0 Å². The summed E-state index contributed by atoms with van der Waals surface area (Å²) in [6, 6.07) is -3.82. The third-order valence-electron chi connectivity index (χ3n) is 9.60. The van der Waals surface area contributed by atoms with Gasteiger partial charge in [0.15, 0.2) is 0 Å². The maximum atomic E-state index is 13.4. The molecule has 0 bridgehead atoms. The SMILES string of the molecule is [CH2-]COCCOCCO[CH2-].[K+].[NH-]CCCCC(NC(=O)C(N)CCCCNCCCCCCCCCCCN)C(=O)NC(CCCCN)C(=O)NC(CCCCN)C(=O)O.[Y]. The standard InChI is InChI=1S/C35H72N9O5.C7H14O3.K.Y/c36-22-12-6-4-2-1-3-5-7-16-26-41-27-17-11-18-28(40)32(45)42-29(19-8-13-23-37)33(46)43-30(20-9-14-24-38)34(47)44-31(35(48)49)21-10-15-25-39;1-3-9-6-7-10-5-4-8-2;;/h28-31,37,41H,1-27,36,38-40H2,(H,42,45)(H,43,46)(H,44,47)(H,48,49);1-7H2;;/q-1;-2;+1;. The summed E-state index contributed by atoms with van der Waals surface area (Å²) in [5.74, 6) is -2.74. The van der Waals surface area contributed by atoms with Crippen molar-refractivity contribution in [2.24, 2.45) is 22.9 Å². The molecule has 3 amide bonds. The maximum absolute atomic E-state index is 13.4. The van der Waals surface area contributed by atoms with Gasteiger partial charge in [-0.15, -0.1) is 0 Å². The van der Waals surface area contributed by atoms with Crippen LogP contribution in [0, 0.1) is 14.0 Å². The van der Waals surface area contributed by atoms with E-state index < -0.39 is 47.9 Å². The molecule has 0 aromatic rings. The van der Waals surface area contributed by atoms with Crippen LogP contribution in [0.5, 0.6) is 0 Å². The van der Waals surface area contributed by atoms with Gasteiger partial charge >= 0.3 is 57.4 Å². The summed E-state index contributed by atoms with van der Waals surface area (Å²) in [5.41, 5.74) is 30.3. The molecule has 1 radical (unpaired) electrons. The van der Waals surface area contributed by atoms with Crippen LogP contribution in [0.3, 0.4) is 0 Å². The summed E-state index contributed by atoms with van der Waals surface area (Å²) >= 11 is 0. The van der Waals surface area contributed by atoms with Gasteiger partial charge in [-0.25, -0.2) is 11.9 Å². The Labute approximate surface area is 437 Å². The van der Waals surface area contributed by atoms with Gasteiger partial charge in [0.25, 0.3) is 0 Å². The number of carboxylic acid groups (broad SMARTS) is 1. The Kier molecular flexibility index (Phi) is 58.8. The fraction of sp³-hybridized carbons (Fsp3) is 0.857. The Morgan fingerprint density at radius 1 is 0.557 bits per heavy atom. The molecule has 0 saturated carbocycles. The van der Waals surface area contributed by atoms with E-state index in [1.165, 1.54) is 44.9 Å². The minimum absolute atomic E-state index is 0. The summed E-state index contributed by atoms with van der Waals surface area (Å²) in [7, 11) is 3.20. The summed E-state index contributed by atoms with van der Waals surface area (Å²) in [4.78, 5) is 51.4. The molecule has 0 aliphatic rings. The molecular weight excluding hydrogens is 887 g/mol. The van der Waals surface area contributed by atoms with Crippen LogP contribution in [0.4, 0.5) is 0 Å². The molecule has 0 heterocycles. The average Bonchev–Trinajstić information content (AvgIpc) is 3.22. The van der Waals surface area contributed by atoms with Crippen molar-refractivity contribution in [2.45, 2.75) is 159 Å². The second-order valence-electron chi connectivity index (χ2n) is 14.8. The number of rotatable bonds is 42. The van der Waals surface area contributed by atoms with Crippen LogP contribution >= 0.6 is 0 Å². The number of nitrogens with one attached hydrogen (secondary N) is 5. The first kappa shape index (κ1) is 67.8. The molecule has 0 aliphatic carbocycles. The van der Waals surface area contributed by atoms with Gasteiger partial charge in [0.05, 0.1) is 25.9 Å². The Balaban J connectivity index is -0.00000119. The third kappa shape index (κ3) is 45.2. The van der Waals surface area contributed by atoms with Gasteiger partial charge in [-0.1, -0.05) is 70.8 Å². The van der Waals surface area contributed by atoms with Crippen LogP contribution < -0.4 is 95.6 Å². The summed E-state index contributed by atoms with van der Waals surface area (Å²) in [6.07, 6.45) is 17.6. The zero-order valence-corrected chi connectivity index (χ0v) is 44.0. The first-order valence-electron chi connectivity index (χ1n) is 22.3. The Morgan fingerprint density at radius 2 is 0.951 bits per heavy atom. The number of carbonyl (C=O) groups is 4. The number of hydrogen-bond donors (Lipinski definition) is 9. The molecule has 14 N–H and O–H groups in total. The number of carbonyl (C=O) groups excluding carboxylic acids is 3. The van der Waals surface area contributed by atoms with E-state index in [-0.39, 0.29) is 110 Å². The largest absolute Gasteiger partial charge is 1.00 e. The molecule has 353 valence electrons. The van der Waals surface area contributed by atoms with Gasteiger partial charge in [-0.2, -0.15) is 6.54 Å². The van der Waals surface area contributed by atoms with Crippen molar-refractivity contribution in [2.75, 3.05) is 72.3 Å². The van der Waals surface area contributed by atoms with Crippen molar-refractivity contribution in [1.29, 1.82) is 0 Å². The first-order chi connectivity index (χ1) is 28.6. The fourth-order valence-electron chi connectivity index (χ4n) is 6.02. The van der Waals surface area contributed by atoms with Gasteiger partial charge in [0.2, 0.25) is 17.7 Å². The molecule has 17 nitrogen and oxygen atoms in total. The van der Waals surface area contributed by atoms with Crippen LogP contribution in [0.1, 0.15) is 135 Å². The minimum Gasteiger partial charge on any atom is -0.677 e. The molecule has 4 unspecified atom stereocenters. The molecular formula is C42H86KN9O8Y-2. The second-order valence-corrected chi connectivity index (χ2v) is 14.8. The Hall–Kier alpha value is 0.260. The van der Waals surface area contributed by atoms with Crippen molar-refractivity contribution < 1.29 is 123 Å². The van der Waals surface area contributed by atoms with Gasteiger partial charge in [0, 0.05) is 39.3 Å². The summed E-state index contributed by atoms with van der Waals surface area (Å²) in [6.45, 7) is 9.96. The van der Waals surface area contributed by atoms with Gasteiger partial charge in [0.1, 0.15) is 18.1 Å². The maximum Gasteiger partial charge on any atom is 1.00 e. The monoisotopic (exact) mass is 973 g/mol. The normalized spacial score (nSPS) is 12.7. The number of ether oxygens (including phenoxy) is 3. The van der Waals surface area contributed by atoms with Crippen LogP contribution in [0.15, 0.2) is 0 Å². The van der Waals surface area contributed by atoms with Gasteiger partial charge in [-0.3, -0.25) is 14.4 Å². The molecule has 0 aromatic heterocycles. The molecule has 0 aliphatic heterocycles. The van der Waals surface area contributed by atoms with Gasteiger partial charge < -0.3 is 76.2 Å². The quantitative estimate of drug-likeness (QED) is 0.0225. The minimum atomic E-state index is -1.16. The van der Waals surface area contributed by atoms with Crippen molar-refractivity contribution in [1.82, 2.24) is 21.3 Å². The number of hydrogen-bond acceptors (Lipinski definition) is 12. The molecule has 0 spiro atoms. The summed E-state index contributed by atoms with van der Waals surface area (Å²) in [5, 5.41) is 21.1. The Morgan fingerprint density at radius 3 is 1.44 bits per heavy atom. The number of nitrogens with two attached hydrogens (primary N) is 4. The van der Waals surface area contributed by atoms with Crippen LogP contribution in [0.2, 0.25) is 0 Å². The topological polar surface area (TPSA) is 292 Å². The molecule has 0 aromatic carbocycles. The van der Waals surface area contributed by atoms with E-state index >= 15 is 0 Å². The van der Waals surface area contributed by atoms with Crippen molar-refractivity contribution >= 4 is 23.7 Å². The first-order valence-corrected chi connectivity index (χ1v) is 22.3. The number of amides is 3. The number of aliphatic carboxylic acids is 1. The van der Waals surface area contributed by atoms with E-state index in [0.29, 0.717) is 91.1 Å².